The van der Waals surface area contributed by atoms with E-state index in [1.807, 2.05) is 114 Å². The molecule has 0 fully saturated rings. The second-order valence-electron chi connectivity index (χ2n) is 17.5. The van der Waals surface area contributed by atoms with E-state index in [9.17, 15) is 36.0 Å². The summed E-state index contributed by atoms with van der Waals surface area (Å²) >= 11 is 0. The molecule has 2 atom stereocenters. The average Bonchev–Trinajstić information content (AvgIpc) is 3.06. The summed E-state index contributed by atoms with van der Waals surface area (Å²) in [5.41, 5.74) is 8.00. The Labute approximate surface area is 368 Å². The molecule has 0 aromatic rings. The van der Waals surface area contributed by atoms with Crippen LogP contribution >= 0.6 is 0 Å². The van der Waals surface area contributed by atoms with Gasteiger partial charge in [0.2, 0.25) is 0 Å². The van der Waals surface area contributed by atoms with Gasteiger partial charge in [0.25, 0.3) is 20.2 Å². The maximum atomic E-state index is 12.2. The van der Waals surface area contributed by atoms with Crippen LogP contribution in [0.5, 0.6) is 0 Å². The van der Waals surface area contributed by atoms with Crippen molar-refractivity contribution in [2.24, 2.45) is 10.8 Å². The van der Waals surface area contributed by atoms with E-state index in [4.69, 9.17) is 18.6 Å². The molecule has 14 heteroatoms. The van der Waals surface area contributed by atoms with Crippen LogP contribution in [0, 0.1) is 10.8 Å². The van der Waals surface area contributed by atoms with Crippen LogP contribution in [0.3, 0.4) is 0 Å². The van der Waals surface area contributed by atoms with E-state index in [-0.39, 0.29) is 10.8 Å². The highest BCUT2D eigenvalue weighted by Gasteiger charge is 2.36. The van der Waals surface area contributed by atoms with E-state index in [1.165, 1.54) is 0 Å². The van der Waals surface area contributed by atoms with Crippen LogP contribution in [-0.2, 0) is 48.9 Å². The largest absolute Gasteiger partial charge is 0.462 e. The van der Waals surface area contributed by atoms with Gasteiger partial charge in [-0.05, 0) is 76.4 Å². The lowest BCUT2D eigenvalue weighted by atomic mass is 9.71. The zero-order valence-electron chi connectivity index (χ0n) is 37.7. The van der Waals surface area contributed by atoms with Crippen molar-refractivity contribution in [1.29, 1.82) is 0 Å². The van der Waals surface area contributed by atoms with Crippen molar-refractivity contribution in [3.05, 3.63) is 130 Å². The van der Waals surface area contributed by atoms with Crippen molar-refractivity contribution in [3.63, 3.8) is 0 Å². The Bertz CT molecular complexity index is 2120. The number of hydrogen-bond donors (Lipinski definition) is 2. The highest BCUT2D eigenvalue weighted by Crippen LogP contribution is 2.43. The third kappa shape index (κ3) is 20.9. The number of esters is 2. The first-order valence-electron chi connectivity index (χ1n) is 20.4. The Morgan fingerprint density at radius 3 is 1.18 bits per heavy atom. The maximum absolute atomic E-state index is 12.2. The molecule has 0 aromatic carbocycles. The number of rotatable bonds is 20. The predicted octanol–water partition coefficient (Wildman–Crippen LogP) is 9.34. The van der Waals surface area contributed by atoms with Crippen molar-refractivity contribution in [2.75, 3.05) is 11.5 Å². The number of ketones is 2. The summed E-state index contributed by atoms with van der Waals surface area (Å²) in [6.07, 6.45) is 28.1. The lowest BCUT2D eigenvalue weighted by Crippen LogP contribution is -2.32. The molecule has 0 radical (unpaired) electrons. The summed E-state index contributed by atoms with van der Waals surface area (Å²) in [6.45, 7) is 20.3. The maximum Gasteiger partial charge on any atom is 0.313 e. The summed E-state index contributed by atoms with van der Waals surface area (Å²) in [5.74, 6) is -5.67. The number of allylic oxidation sites excluding steroid dienone is 20. The van der Waals surface area contributed by atoms with Crippen LogP contribution in [0.25, 0.3) is 0 Å². The zero-order valence-corrected chi connectivity index (χ0v) is 39.3. The Morgan fingerprint density at radius 2 is 0.871 bits per heavy atom. The number of carbonyl (C=O) groups is 4. The van der Waals surface area contributed by atoms with Gasteiger partial charge >= 0.3 is 11.9 Å². The van der Waals surface area contributed by atoms with Gasteiger partial charge in [0.05, 0.1) is 0 Å². The molecular weight excluding hydrogens is 833 g/mol. The first kappa shape index (κ1) is 53.4. The van der Waals surface area contributed by atoms with Crippen LogP contribution in [0.15, 0.2) is 130 Å². The minimum Gasteiger partial charge on any atom is -0.462 e. The van der Waals surface area contributed by atoms with Crippen LogP contribution in [-0.4, -0.2) is 73.2 Å². The Hall–Kier alpha value is -4.76. The Balaban J connectivity index is 1.92. The molecule has 0 aromatic heterocycles. The predicted molar refractivity (Wildman–Crippen MR) is 244 cm³/mol. The van der Waals surface area contributed by atoms with Crippen LogP contribution in [0.1, 0.15) is 108 Å². The minimum atomic E-state index is -4.50. The van der Waals surface area contributed by atoms with Crippen molar-refractivity contribution >= 4 is 43.7 Å². The second kappa shape index (κ2) is 23.6. The standard InChI is InChI=1S/C48H64O12S2/c1-33(17-13-19-35(3)21-23-43-37(5)25-41(29-47(43,7)8)59-45(51)27-39(49)31-61(53,54)55)15-11-12-16-34(2)18-14-20-36(4)22-24-44-38(6)26-42(30-48(44,9)10)60-46(52)28-40(50)32-62(56,57)58/h11-24,41-42H,25-32H2,1-10H3,(H,53,54,55)(H,56,57,58)/b12-11+,17-13+,18-14+,23-21+,24-22+,33-15+,34-16+,35-19+,36-20+. The summed E-state index contributed by atoms with van der Waals surface area (Å²) < 4.78 is 72.3. The van der Waals surface area contributed by atoms with Crippen LogP contribution < -0.4 is 0 Å². The van der Waals surface area contributed by atoms with E-state index in [0.29, 0.717) is 25.7 Å². The molecule has 2 N–H and O–H groups in total. The highest BCUT2D eigenvalue weighted by atomic mass is 32.2. The molecule has 0 spiro atoms. The van der Waals surface area contributed by atoms with Gasteiger partial charge in [0.1, 0.15) is 36.6 Å². The fraction of sp³-hybridized carbons (Fsp3) is 0.458. The summed E-state index contributed by atoms with van der Waals surface area (Å²) in [7, 11) is -9.00. The molecule has 0 saturated carbocycles. The molecule has 0 saturated heterocycles. The Morgan fingerprint density at radius 1 is 0.565 bits per heavy atom. The molecule has 62 heavy (non-hydrogen) atoms. The lowest BCUT2D eigenvalue weighted by Gasteiger charge is -2.37. The smallest absolute Gasteiger partial charge is 0.313 e. The normalized spacial score (nSPS) is 21.0. The molecule has 0 aliphatic heterocycles. The number of ether oxygens (including phenoxy) is 2. The molecule has 0 bridgehead atoms. The SMILES string of the molecule is CC1=C(/C=C/C(C)=C/C=C/C(C)=C/C=C/C=C(C)/C=C/C=C(C)/C=C/C2=C(C)CC(OC(=O)CC(=O)CS(=O)(=O)O)CC2(C)C)C(C)(C)CC(OC(=O)CC(=O)CS(=O)(=O)O)C1. The molecule has 2 rings (SSSR count). The first-order chi connectivity index (χ1) is 28.5. The third-order valence-electron chi connectivity index (χ3n) is 10.2. The molecule has 2 unspecified atom stereocenters. The van der Waals surface area contributed by atoms with Crippen molar-refractivity contribution in [2.45, 2.75) is 120 Å². The average molecular weight is 897 g/mol. The van der Waals surface area contributed by atoms with Crippen molar-refractivity contribution in [3.8, 4) is 0 Å². The van der Waals surface area contributed by atoms with Gasteiger partial charge < -0.3 is 9.47 Å². The van der Waals surface area contributed by atoms with Gasteiger partial charge in [0, 0.05) is 12.8 Å². The molecule has 0 heterocycles. The molecular formula is C48H64O12S2. The van der Waals surface area contributed by atoms with Crippen molar-refractivity contribution < 1.29 is 54.6 Å². The van der Waals surface area contributed by atoms with Gasteiger partial charge in [0.15, 0.2) is 11.6 Å². The first-order valence-corrected chi connectivity index (χ1v) is 23.6. The number of hydrogen-bond acceptors (Lipinski definition) is 10. The second-order valence-corrected chi connectivity index (χ2v) is 20.4. The number of carbonyl (C=O) groups excluding carboxylic acids is 4. The summed E-state index contributed by atoms with van der Waals surface area (Å²) in [6, 6.07) is 0. The van der Waals surface area contributed by atoms with Gasteiger partial charge in [-0.2, -0.15) is 16.8 Å². The van der Waals surface area contributed by atoms with E-state index < -0.39 is 80.3 Å². The summed E-state index contributed by atoms with van der Waals surface area (Å²) in [4.78, 5) is 48.0. The lowest BCUT2D eigenvalue weighted by molar-refractivity contribution is -0.153. The molecule has 12 nitrogen and oxygen atoms in total. The number of Topliss-reactive ketones (excluding diaryl/α,β-unsaturated/α-hetero) is 2. The van der Waals surface area contributed by atoms with Crippen LogP contribution in [0.2, 0.25) is 0 Å². The monoisotopic (exact) mass is 896 g/mol. The van der Waals surface area contributed by atoms with Crippen molar-refractivity contribution in [1.82, 2.24) is 0 Å². The quantitative estimate of drug-likeness (QED) is 0.0509. The van der Waals surface area contributed by atoms with E-state index in [0.717, 1.165) is 44.6 Å². The zero-order chi connectivity index (χ0) is 47.1. The van der Waals surface area contributed by atoms with E-state index in [1.54, 1.807) is 0 Å². The third-order valence-corrected chi connectivity index (χ3v) is 11.6. The van der Waals surface area contributed by atoms with Gasteiger partial charge in [-0.3, -0.25) is 28.3 Å². The van der Waals surface area contributed by atoms with Gasteiger partial charge in [-0.15, -0.1) is 0 Å². The topological polar surface area (TPSA) is 195 Å². The van der Waals surface area contributed by atoms with Gasteiger partial charge in [-0.25, -0.2) is 0 Å². The fourth-order valence-electron chi connectivity index (χ4n) is 7.52. The Kier molecular flexibility index (Phi) is 20.3. The van der Waals surface area contributed by atoms with Gasteiger partial charge in [-0.1, -0.05) is 146 Å². The summed E-state index contributed by atoms with van der Waals surface area (Å²) in [5, 5.41) is 0. The highest BCUT2D eigenvalue weighted by molar-refractivity contribution is 7.86. The molecule has 340 valence electrons. The van der Waals surface area contributed by atoms with E-state index in [2.05, 4.69) is 39.8 Å². The molecule has 0 amide bonds. The molecule has 2 aliphatic rings. The molecule has 2 aliphatic carbocycles. The van der Waals surface area contributed by atoms with E-state index >= 15 is 0 Å². The fourth-order valence-corrected chi connectivity index (χ4v) is 8.54. The minimum absolute atomic E-state index is 0.311. The van der Waals surface area contributed by atoms with Crippen LogP contribution in [0.4, 0.5) is 0 Å².